The van der Waals surface area contributed by atoms with Crippen LogP contribution in [0.1, 0.15) is 15.9 Å². The lowest BCUT2D eigenvalue weighted by Gasteiger charge is -2.13. The van der Waals surface area contributed by atoms with Gasteiger partial charge in [-0.3, -0.25) is 9.59 Å². The molecular weight excluding hydrogens is 178 g/mol. The fraction of sp³-hybridized carbons (Fsp3) is 0.0909. The number of allylic oxidation sites excluding steroid dienone is 1. The Balaban J connectivity index is 2.63. The molecule has 1 aromatic carbocycles. The molecule has 3 nitrogen and oxygen atoms in total. The molecule has 1 aromatic rings. The van der Waals surface area contributed by atoms with Crippen LogP contribution in [0.25, 0.3) is 6.08 Å². The Morgan fingerprint density at radius 2 is 1.79 bits per heavy atom. The van der Waals surface area contributed by atoms with E-state index in [1.165, 1.54) is 0 Å². The smallest absolute Gasteiger partial charge is 0.249 e. The average molecular weight is 187 g/mol. The number of benzene rings is 1. The third kappa shape index (κ3) is 1.14. The van der Waals surface area contributed by atoms with Crippen LogP contribution in [0.2, 0.25) is 0 Å². The maximum Gasteiger partial charge on any atom is 0.249 e. The second kappa shape index (κ2) is 3.10. The number of carbonyl (C=O) groups excluding carboxylic acids is 2. The summed E-state index contributed by atoms with van der Waals surface area (Å²) in [7, 11) is 1.63. The number of likely N-dealkylation sites (N-methyl/N-ethyl adjacent to an activating group) is 1. The molecule has 1 N–H and O–H groups in total. The largest absolute Gasteiger partial charge is 0.385 e. The van der Waals surface area contributed by atoms with E-state index < -0.39 is 11.6 Å². The second-order valence-corrected chi connectivity index (χ2v) is 3.05. The number of hydrogen-bond donors (Lipinski definition) is 1. The molecule has 0 saturated heterocycles. The zero-order chi connectivity index (χ0) is 10.1. The molecule has 0 heterocycles. The number of nitrogens with one attached hydrogen (secondary N) is 1. The number of rotatable bonds is 1. The maximum absolute atomic E-state index is 11.6. The molecular formula is C11H9NO2. The second-order valence-electron chi connectivity index (χ2n) is 3.05. The van der Waals surface area contributed by atoms with Gasteiger partial charge in [0.2, 0.25) is 11.6 Å². The van der Waals surface area contributed by atoms with Crippen molar-refractivity contribution in [2.24, 2.45) is 0 Å². The Labute approximate surface area is 81.4 Å². The fourth-order valence-electron chi connectivity index (χ4n) is 1.48. The summed E-state index contributed by atoms with van der Waals surface area (Å²) in [4.78, 5) is 23.0. The van der Waals surface area contributed by atoms with Gasteiger partial charge in [0.15, 0.2) is 0 Å². The van der Waals surface area contributed by atoms with Gasteiger partial charge in [-0.15, -0.1) is 0 Å². The first-order valence-corrected chi connectivity index (χ1v) is 4.31. The summed E-state index contributed by atoms with van der Waals surface area (Å²) < 4.78 is 0. The molecule has 0 saturated carbocycles. The minimum absolute atomic E-state index is 0.355. The summed E-state index contributed by atoms with van der Waals surface area (Å²) in [5, 5.41) is 2.72. The van der Waals surface area contributed by atoms with E-state index in [0.717, 1.165) is 5.56 Å². The molecule has 14 heavy (non-hydrogen) atoms. The minimum atomic E-state index is -0.466. The van der Waals surface area contributed by atoms with Crippen molar-refractivity contribution in [3.8, 4) is 0 Å². The predicted molar refractivity (Wildman–Crippen MR) is 52.8 cm³/mol. The molecule has 0 aliphatic heterocycles. The highest BCUT2D eigenvalue weighted by Gasteiger charge is 2.26. The molecule has 0 radical (unpaired) electrons. The van der Waals surface area contributed by atoms with Crippen LogP contribution in [-0.4, -0.2) is 18.6 Å². The summed E-state index contributed by atoms with van der Waals surface area (Å²) in [6.07, 6.45) is 1.69. The molecule has 2 rings (SSSR count). The van der Waals surface area contributed by atoms with Gasteiger partial charge in [0.25, 0.3) is 0 Å². The lowest BCUT2D eigenvalue weighted by atomic mass is 9.93. The predicted octanol–water partition coefficient (Wildman–Crippen LogP) is 1.01. The number of Topliss-reactive ketones (excluding diaryl/α,β-unsaturated/α-hetero) is 2. The van der Waals surface area contributed by atoms with Crippen LogP contribution in [0.3, 0.4) is 0 Å². The lowest BCUT2D eigenvalue weighted by molar-refractivity contribution is -0.112. The molecule has 3 heteroatoms. The highest BCUT2D eigenvalue weighted by atomic mass is 16.2. The van der Waals surface area contributed by atoms with Gasteiger partial charge < -0.3 is 5.32 Å². The number of ketones is 2. The molecule has 0 atom stereocenters. The summed E-state index contributed by atoms with van der Waals surface area (Å²) in [6, 6.07) is 7.07. The van der Waals surface area contributed by atoms with Gasteiger partial charge in [-0.05, 0) is 11.6 Å². The lowest BCUT2D eigenvalue weighted by Crippen LogP contribution is -2.27. The first-order valence-electron chi connectivity index (χ1n) is 4.31. The monoisotopic (exact) mass is 187 g/mol. The summed E-state index contributed by atoms with van der Waals surface area (Å²) in [5.41, 5.74) is 1.63. The highest BCUT2D eigenvalue weighted by molar-refractivity contribution is 6.51. The molecule has 1 aliphatic carbocycles. The van der Waals surface area contributed by atoms with E-state index in [0.29, 0.717) is 11.3 Å². The average Bonchev–Trinajstić information content (AvgIpc) is 2.23. The molecule has 0 bridgehead atoms. The fourth-order valence-corrected chi connectivity index (χ4v) is 1.48. The summed E-state index contributed by atoms with van der Waals surface area (Å²) in [5.74, 6) is -0.904. The molecule has 0 amide bonds. The summed E-state index contributed by atoms with van der Waals surface area (Å²) >= 11 is 0. The standard InChI is InChI=1S/C11H9NO2/c1-12-9-6-7-4-2-3-5-8(7)10(13)11(9)14/h2-6,12H,1H3. The topological polar surface area (TPSA) is 46.2 Å². The van der Waals surface area contributed by atoms with Gasteiger partial charge in [-0.2, -0.15) is 0 Å². The third-order valence-corrected chi connectivity index (χ3v) is 2.23. The van der Waals surface area contributed by atoms with E-state index in [-0.39, 0.29) is 0 Å². The number of carbonyl (C=O) groups is 2. The van der Waals surface area contributed by atoms with Crippen molar-refractivity contribution in [1.82, 2.24) is 5.32 Å². The number of hydrogen-bond acceptors (Lipinski definition) is 3. The first-order chi connectivity index (χ1) is 6.74. The van der Waals surface area contributed by atoms with E-state index in [9.17, 15) is 9.59 Å². The number of fused-ring (bicyclic) bond motifs is 1. The molecule has 0 fully saturated rings. The van der Waals surface area contributed by atoms with Gasteiger partial charge >= 0.3 is 0 Å². The van der Waals surface area contributed by atoms with Crippen LogP contribution in [0.5, 0.6) is 0 Å². The first kappa shape index (κ1) is 8.69. The van der Waals surface area contributed by atoms with Gasteiger partial charge in [-0.1, -0.05) is 24.3 Å². The zero-order valence-electron chi connectivity index (χ0n) is 7.70. The van der Waals surface area contributed by atoms with Crippen LogP contribution in [-0.2, 0) is 4.79 Å². The van der Waals surface area contributed by atoms with E-state index in [1.807, 2.05) is 12.1 Å². The van der Waals surface area contributed by atoms with E-state index >= 15 is 0 Å². The van der Waals surface area contributed by atoms with E-state index in [1.54, 1.807) is 25.3 Å². The SMILES string of the molecule is CNC1=Cc2ccccc2C(=O)C1=O. The highest BCUT2D eigenvalue weighted by Crippen LogP contribution is 2.19. The minimum Gasteiger partial charge on any atom is -0.385 e. The van der Waals surface area contributed by atoms with Crippen LogP contribution in [0, 0.1) is 0 Å². The van der Waals surface area contributed by atoms with E-state index in [4.69, 9.17) is 0 Å². The molecule has 0 unspecified atom stereocenters. The molecule has 0 aromatic heterocycles. The van der Waals surface area contributed by atoms with Crippen LogP contribution < -0.4 is 5.32 Å². The quantitative estimate of drug-likeness (QED) is 0.667. The van der Waals surface area contributed by atoms with Crippen LogP contribution >= 0.6 is 0 Å². The molecule has 70 valence electrons. The molecule has 0 spiro atoms. The Morgan fingerprint density at radius 3 is 2.50 bits per heavy atom. The van der Waals surface area contributed by atoms with Gasteiger partial charge in [0.05, 0.1) is 5.70 Å². The van der Waals surface area contributed by atoms with E-state index in [2.05, 4.69) is 5.32 Å². The van der Waals surface area contributed by atoms with Crippen LogP contribution in [0.4, 0.5) is 0 Å². The van der Waals surface area contributed by atoms with Crippen molar-refractivity contribution in [2.75, 3.05) is 7.05 Å². The summed E-state index contributed by atoms with van der Waals surface area (Å²) in [6.45, 7) is 0. The Kier molecular flexibility index (Phi) is 1.93. The zero-order valence-corrected chi connectivity index (χ0v) is 7.70. The van der Waals surface area contributed by atoms with Gasteiger partial charge in [0, 0.05) is 12.6 Å². The van der Waals surface area contributed by atoms with Crippen molar-refractivity contribution in [1.29, 1.82) is 0 Å². The third-order valence-electron chi connectivity index (χ3n) is 2.23. The maximum atomic E-state index is 11.6. The van der Waals surface area contributed by atoms with Crippen molar-refractivity contribution < 1.29 is 9.59 Å². The van der Waals surface area contributed by atoms with Crippen molar-refractivity contribution in [3.63, 3.8) is 0 Å². The van der Waals surface area contributed by atoms with Gasteiger partial charge in [0.1, 0.15) is 0 Å². The van der Waals surface area contributed by atoms with Crippen molar-refractivity contribution in [2.45, 2.75) is 0 Å². The Hall–Kier alpha value is -1.90. The Morgan fingerprint density at radius 1 is 1.07 bits per heavy atom. The van der Waals surface area contributed by atoms with Crippen LogP contribution in [0.15, 0.2) is 30.0 Å². The normalized spacial score (nSPS) is 14.8. The van der Waals surface area contributed by atoms with Gasteiger partial charge in [-0.25, -0.2) is 0 Å². The Bertz CT molecular complexity index is 446. The van der Waals surface area contributed by atoms with Crippen molar-refractivity contribution >= 4 is 17.6 Å². The molecule has 1 aliphatic rings. The van der Waals surface area contributed by atoms with Crippen molar-refractivity contribution in [3.05, 3.63) is 41.1 Å².